The second-order valence-electron chi connectivity index (χ2n) is 8.60. The number of amides is 1. The van der Waals surface area contributed by atoms with E-state index in [9.17, 15) is 4.79 Å². The van der Waals surface area contributed by atoms with Gasteiger partial charge in [0.25, 0.3) is 5.91 Å². The Morgan fingerprint density at radius 2 is 1.97 bits per heavy atom. The molecule has 4 aromatic rings. The summed E-state index contributed by atoms with van der Waals surface area (Å²) in [6.07, 6.45) is 3.30. The summed E-state index contributed by atoms with van der Waals surface area (Å²) in [7, 11) is 0. The summed E-state index contributed by atoms with van der Waals surface area (Å²) >= 11 is 0. The first kappa shape index (κ1) is 19.8. The van der Waals surface area contributed by atoms with Crippen molar-refractivity contribution in [2.75, 3.05) is 5.32 Å². The fourth-order valence-corrected chi connectivity index (χ4v) is 3.27. The van der Waals surface area contributed by atoms with Crippen LogP contribution in [0.15, 0.2) is 53.2 Å². The number of nitrogens with zero attached hydrogens (tertiary/aromatic N) is 4. The number of hydrogen-bond acceptors (Lipinski definition) is 5. The molecule has 0 saturated heterocycles. The van der Waals surface area contributed by atoms with Gasteiger partial charge in [0.15, 0.2) is 11.4 Å². The molecule has 0 aliphatic heterocycles. The largest absolute Gasteiger partial charge is 0.440 e. The zero-order chi connectivity index (χ0) is 21.5. The third kappa shape index (κ3) is 3.70. The highest BCUT2D eigenvalue weighted by Gasteiger charge is 2.23. The maximum atomic E-state index is 13.1. The quantitative estimate of drug-likeness (QED) is 0.513. The molecule has 154 valence electrons. The van der Waals surface area contributed by atoms with Gasteiger partial charge in [0.2, 0.25) is 5.89 Å². The molecular weight excluding hydrogens is 378 g/mol. The smallest absolute Gasteiger partial charge is 0.259 e. The Labute approximate surface area is 175 Å². The molecule has 1 amide bonds. The van der Waals surface area contributed by atoms with E-state index >= 15 is 0 Å². The van der Waals surface area contributed by atoms with Crippen LogP contribution in [0.5, 0.6) is 0 Å². The average molecular weight is 403 g/mol. The van der Waals surface area contributed by atoms with Crippen LogP contribution in [0.4, 0.5) is 5.69 Å². The minimum atomic E-state index is -0.222. The SMILES string of the molecule is CC(C)c1c(C(=O)Nc2ccc3oc(C(C)(C)C)nc3c2)cnn1-c1ccccn1. The van der Waals surface area contributed by atoms with E-state index in [1.807, 2.05) is 71.0 Å². The van der Waals surface area contributed by atoms with Crippen LogP contribution < -0.4 is 5.32 Å². The second kappa shape index (κ2) is 7.40. The monoisotopic (exact) mass is 403 g/mol. The highest BCUT2D eigenvalue weighted by Crippen LogP contribution is 2.28. The number of benzene rings is 1. The molecule has 30 heavy (non-hydrogen) atoms. The van der Waals surface area contributed by atoms with Crippen molar-refractivity contribution in [3.63, 3.8) is 0 Å². The van der Waals surface area contributed by atoms with E-state index in [0.717, 1.165) is 5.69 Å². The lowest BCUT2D eigenvalue weighted by Gasteiger charge is -2.12. The molecule has 1 N–H and O–H groups in total. The normalized spacial score (nSPS) is 11.9. The molecule has 3 heterocycles. The number of anilines is 1. The number of nitrogens with one attached hydrogen (secondary N) is 1. The molecule has 4 rings (SSSR count). The first-order chi connectivity index (χ1) is 14.2. The highest BCUT2D eigenvalue weighted by molar-refractivity contribution is 6.05. The van der Waals surface area contributed by atoms with Gasteiger partial charge in [-0.05, 0) is 36.2 Å². The van der Waals surface area contributed by atoms with Gasteiger partial charge in [0.1, 0.15) is 5.52 Å². The van der Waals surface area contributed by atoms with Crippen LogP contribution >= 0.6 is 0 Å². The Balaban J connectivity index is 1.65. The first-order valence-corrected chi connectivity index (χ1v) is 9.96. The van der Waals surface area contributed by atoms with Crippen LogP contribution in [0.2, 0.25) is 0 Å². The third-order valence-corrected chi connectivity index (χ3v) is 4.75. The zero-order valence-corrected chi connectivity index (χ0v) is 17.8. The van der Waals surface area contributed by atoms with E-state index in [-0.39, 0.29) is 17.2 Å². The molecule has 7 heteroatoms. The molecule has 0 bridgehead atoms. The summed E-state index contributed by atoms with van der Waals surface area (Å²) in [6.45, 7) is 10.2. The van der Waals surface area contributed by atoms with Gasteiger partial charge < -0.3 is 9.73 Å². The molecule has 0 saturated carbocycles. The second-order valence-corrected chi connectivity index (χ2v) is 8.60. The number of aromatic nitrogens is 4. The van der Waals surface area contributed by atoms with Crippen molar-refractivity contribution >= 4 is 22.7 Å². The number of rotatable bonds is 4. The molecule has 0 fully saturated rings. The molecule has 0 spiro atoms. The molecule has 7 nitrogen and oxygen atoms in total. The third-order valence-electron chi connectivity index (χ3n) is 4.75. The Morgan fingerprint density at radius 3 is 2.63 bits per heavy atom. The van der Waals surface area contributed by atoms with Crippen LogP contribution in [0.1, 0.15) is 62.5 Å². The molecule has 0 aliphatic carbocycles. The van der Waals surface area contributed by atoms with Crippen LogP contribution in [0.3, 0.4) is 0 Å². The molecule has 1 aromatic carbocycles. The van der Waals surface area contributed by atoms with E-state index in [2.05, 4.69) is 20.4 Å². The van der Waals surface area contributed by atoms with Crippen LogP contribution in [-0.2, 0) is 5.41 Å². The molecule has 0 atom stereocenters. The number of pyridine rings is 1. The minimum absolute atomic E-state index is 0.0858. The maximum Gasteiger partial charge on any atom is 0.259 e. The van der Waals surface area contributed by atoms with Gasteiger partial charge in [0, 0.05) is 17.3 Å². The van der Waals surface area contributed by atoms with Crippen molar-refractivity contribution in [2.24, 2.45) is 0 Å². The molecule has 3 aromatic heterocycles. The van der Waals surface area contributed by atoms with Crippen LogP contribution in [0, 0.1) is 0 Å². The number of oxazole rings is 1. The van der Waals surface area contributed by atoms with E-state index in [4.69, 9.17) is 4.42 Å². The summed E-state index contributed by atoms with van der Waals surface area (Å²) in [6, 6.07) is 11.1. The number of fused-ring (bicyclic) bond motifs is 1. The predicted octanol–water partition coefficient (Wildman–Crippen LogP) is 5.08. The van der Waals surface area contributed by atoms with Gasteiger partial charge in [-0.2, -0.15) is 5.10 Å². The molecular formula is C23H25N5O2. The standard InChI is InChI=1S/C23H25N5O2/c1-14(2)20-16(13-25-28(20)19-8-6-7-11-24-19)21(29)26-15-9-10-18-17(12-15)27-22(30-18)23(3,4)5/h6-14H,1-5H3,(H,26,29). The van der Waals surface area contributed by atoms with E-state index in [0.29, 0.717) is 34.1 Å². The van der Waals surface area contributed by atoms with Gasteiger partial charge in [-0.25, -0.2) is 14.6 Å². The summed E-state index contributed by atoms with van der Waals surface area (Å²) < 4.78 is 7.55. The van der Waals surface area contributed by atoms with Crippen molar-refractivity contribution in [3.05, 3.63) is 65.9 Å². The molecule has 0 radical (unpaired) electrons. The lowest BCUT2D eigenvalue weighted by atomic mass is 9.97. The fraction of sp³-hybridized carbons (Fsp3) is 0.304. The number of carbonyl (C=O) groups excluding carboxylic acids is 1. The average Bonchev–Trinajstić information content (AvgIpc) is 3.32. The van der Waals surface area contributed by atoms with Crippen LogP contribution in [0.25, 0.3) is 16.9 Å². The number of carbonyl (C=O) groups is 1. The molecule has 0 unspecified atom stereocenters. The topological polar surface area (TPSA) is 85.8 Å². The summed E-state index contributed by atoms with van der Waals surface area (Å²) in [4.78, 5) is 22.0. The van der Waals surface area contributed by atoms with Gasteiger partial charge in [-0.15, -0.1) is 0 Å². The van der Waals surface area contributed by atoms with Gasteiger partial charge in [0.05, 0.1) is 17.5 Å². The van der Waals surface area contributed by atoms with Crippen molar-refractivity contribution < 1.29 is 9.21 Å². The zero-order valence-electron chi connectivity index (χ0n) is 17.8. The Morgan fingerprint density at radius 1 is 1.17 bits per heavy atom. The summed E-state index contributed by atoms with van der Waals surface area (Å²) in [5.74, 6) is 1.21. The minimum Gasteiger partial charge on any atom is -0.440 e. The van der Waals surface area contributed by atoms with Crippen molar-refractivity contribution in [3.8, 4) is 5.82 Å². The lowest BCUT2D eigenvalue weighted by Crippen LogP contribution is -2.15. The van der Waals surface area contributed by atoms with Crippen LogP contribution in [-0.4, -0.2) is 25.7 Å². The van der Waals surface area contributed by atoms with Gasteiger partial charge in [-0.1, -0.05) is 40.7 Å². The number of hydrogen-bond donors (Lipinski definition) is 1. The Hall–Kier alpha value is -3.48. The Kier molecular flexibility index (Phi) is 4.89. The highest BCUT2D eigenvalue weighted by atomic mass is 16.3. The van der Waals surface area contributed by atoms with Gasteiger partial charge >= 0.3 is 0 Å². The lowest BCUT2D eigenvalue weighted by molar-refractivity contribution is 0.102. The Bertz CT molecular complexity index is 1200. The molecule has 0 aliphatic rings. The van der Waals surface area contributed by atoms with E-state index < -0.39 is 0 Å². The van der Waals surface area contributed by atoms with Crippen molar-refractivity contribution in [2.45, 2.75) is 46.0 Å². The maximum absolute atomic E-state index is 13.1. The van der Waals surface area contributed by atoms with Gasteiger partial charge in [-0.3, -0.25) is 4.79 Å². The summed E-state index contributed by atoms with van der Waals surface area (Å²) in [5, 5.41) is 7.38. The van der Waals surface area contributed by atoms with Crippen molar-refractivity contribution in [1.29, 1.82) is 0 Å². The van der Waals surface area contributed by atoms with Crippen molar-refractivity contribution in [1.82, 2.24) is 19.7 Å². The predicted molar refractivity (Wildman–Crippen MR) is 116 cm³/mol. The van der Waals surface area contributed by atoms with E-state index in [1.165, 1.54) is 0 Å². The van der Waals surface area contributed by atoms with E-state index in [1.54, 1.807) is 17.1 Å². The first-order valence-electron chi connectivity index (χ1n) is 9.96. The fourth-order valence-electron chi connectivity index (χ4n) is 3.27. The summed E-state index contributed by atoms with van der Waals surface area (Å²) in [5.41, 5.74) is 3.21.